The van der Waals surface area contributed by atoms with E-state index in [-0.39, 0.29) is 11.8 Å². The second kappa shape index (κ2) is 7.27. The lowest BCUT2D eigenvalue weighted by Gasteiger charge is -2.16. The van der Waals surface area contributed by atoms with Gasteiger partial charge in [-0.2, -0.15) is 0 Å². The molecule has 1 heterocycles. The lowest BCUT2D eigenvalue weighted by atomic mass is 10.1. The maximum Gasteiger partial charge on any atom is 0.259 e. The van der Waals surface area contributed by atoms with E-state index in [9.17, 15) is 9.59 Å². The highest BCUT2D eigenvalue weighted by atomic mass is 16.2. The van der Waals surface area contributed by atoms with Crippen molar-refractivity contribution in [3.05, 3.63) is 65.7 Å². The summed E-state index contributed by atoms with van der Waals surface area (Å²) in [5, 5.41) is 2.48. The summed E-state index contributed by atoms with van der Waals surface area (Å²) >= 11 is 0. The number of para-hydroxylation sites is 1. The standard InChI is InChI=1S/C19H21N3O2/c20-17-9-5-4-8-16(17)19(24)21-18(23)15-10-11-22(13-15)12-14-6-2-1-3-7-14/h1-9,15H,10-13,20H2,(H,21,23,24). The SMILES string of the molecule is Nc1ccccc1C(=O)NC(=O)C1CCN(Cc2ccccc2)C1. The first kappa shape index (κ1) is 16.2. The summed E-state index contributed by atoms with van der Waals surface area (Å²) in [7, 11) is 0. The predicted octanol–water partition coefficient (Wildman–Crippen LogP) is 2.05. The Morgan fingerprint density at radius 1 is 1.08 bits per heavy atom. The molecule has 5 heteroatoms. The van der Waals surface area contributed by atoms with Gasteiger partial charge >= 0.3 is 0 Å². The normalized spacial score (nSPS) is 17.6. The Kier molecular flexibility index (Phi) is 4.91. The van der Waals surface area contributed by atoms with E-state index >= 15 is 0 Å². The second-order valence-electron chi connectivity index (χ2n) is 6.11. The molecule has 24 heavy (non-hydrogen) atoms. The molecule has 2 amide bonds. The van der Waals surface area contributed by atoms with E-state index in [0.717, 1.165) is 19.5 Å². The molecule has 0 aromatic heterocycles. The lowest BCUT2D eigenvalue weighted by molar-refractivity contribution is -0.123. The van der Waals surface area contributed by atoms with Gasteiger partial charge in [0.25, 0.3) is 5.91 Å². The van der Waals surface area contributed by atoms with Crippen LogP contribution in [-0.2, 0) is 11.3 Å². The molecule has 1 unspecified atom stereocenters. The van der Waals surface area contributed by atoms with Crippen molar-refractivity contribution in [1.82, 2.24) is 10.2 Å². The van der Waals surface area contributed by atoms with Crippen molar-refractivity contribution in [2.24, 2.45) is 5.92 Å². The monoisotopic (exact) mass is 323 g/mol. The molecule has 1 aliphatic rings. The summed E-state index contributed by atoms with van der Waals surface area (Å²) in [6.07, 6.45) is 0.760. The zero-order valence-electron chi connectivity index (χ0n) is 13.4. The molecule has 0 saturated carbocycles. The number of nitrogen functional groups attached to an aromatic ring is 1. The summed E-state index contributed by atoms with van der Waals surface area (Å²) in [6.45, 7) is 2.34. The fourth-order valence-corrected chi connectivity index (χ4v) is 3.02. The molecule has 0 radical (unpaired) electrons. The molecule has 124 valence electrons. The number of imide groups is 1. The van der Waals surface area contributed by atoms with Gasteiger partial charge in [0.2, 0.25) is 5.91 Å². The van der Waals surface area contributed by atoms with Crippen LogP contribution in [0, 0.1) is 5.92 Å². The minimum absolute atomic E-state index is 0.164. The molecule has 2 aromatic rings. The van der Waals surface area contributed by atoms with Crippen molar-refractivity contribution in [3.8, 4) is 0 Å². The average Bonchev–Trinajstić information content (AvgIpc) is 3.04. The zero-order chi connectivity index (χ0) is 16.9. The van der Waals surface area contributed by atoms with Crippen LogP contribution in [0.4, 0.5) is 5.69 Å². The van der Waals surface area contributed by atoms with Crippen LogP contribution in [0.15, 0.2) is 54.6 Å². The van der Waals surface area contributed by atoms with Crippen LogP contribution in [0.25, 0.3) is 0 Å². The van der Waals surface area contributed by atoms with E-state index in [1.165, 1.54) is 5.56 Å². The van der Waals surface area contributed by atoms with Crippen LogP contribution in [0.5, 0.6) is 0 Å². The Labute approximate surface area is 141 Å². The Hall–Kier alpha value is -2.66. The molecule has 1 aliphatic heterocycles. The zero-order valence-corrected chi connectivity index (χ0v) is 13.4. The molecular weight excluding hydrogens is 302 g/mol. The first-order valence-electron chi connectivity index (χ1n) is 8.09. The Morgan fingerprint density at radius 3 is 2.54 bits per heavy atom. The molecule has 3 N–H and O–H groups in total. The molecular formula is C19H21N3O2. The van der Waals surface area contributed by atoms with Crippen LogP contribution in [-0.4, -0.2) is 29.8 Å². The molecule has 1 fully saturated rings. The van der Waals surface area contributed by atoms with Gasteiger partial charge < -0.3 is 5.73 Å². The van der Waals surface area contributed by atoms with Crippen molar-refractivity contribution in [1.29, 1.82) is 0 Å². The van der Waals surface area contributed by atoms with E-state index in [2.05, 4.69) is 22.3 Å². The van der Waals surface area contributed by atoms with E-state index in [4.69, 9.17) is 5.73 Å². The van der Waals surface area contributed by atoms with Gasteiger partial charge in [-0.15, -0.1) is 0 Å². The number of nitrogens with two attached hydrogens (primary N) is 1. The van der Waals surface area contributed by atoms with Gasteiger partial charge in [0.05, 0.1) is 11.5 Å². The van der Waals surface area contributed by atoms with Gasteiger partial charge in [0, 0.05) is 18.8 Å². The number of rotatable bonds is 4. The minimum Gasteiger partial charge on any atom is -0.398 e. The Morgan fingerprint density at radius 2 is 1.79 bits per heavy atom. The predicted molar refractivity (Wildman–Crippen MR) is 93.2 cm³/mol. The highest BCUT2D eigenvalue weighted by Gasteiger charge is 2.29. The molecule has 5 nitrogen and oxygen atoms in total. The van der Waals surface area contributed by atoms with Crippen molar-refractivity contribution >= 4 is 17.5 Å². The third-order valence-corrected chi connectivity index (χ3v) is 4.33. The molecule has 1 saturated heterocycles. The van der Waals surface area contributed by atoms with Crippen molar-refractivity contribution < 1.29 is 9.59 Å². The van der Waals surface area contributed by atoms with E-state index in [1.54, 1.807) is 24.3 Å². The number of nitrogens with zero attached hydrogens (tertiary/aromatic N) is 1. The van der Waals surface area contributed by atoms with E-state index < -0.39 is 5.91 Å². The van der Waals surface area contributed by atoms with Crippen LogP contribution in [0.3, 0.4) is 0 Å². The van der Waals surface area contributed by atoms with Gasteiger partial charge in [-0.25, -0.2) is 0 Å². The average molecular weight is 323 g/mol. The largest absolute Gasteiger partial charge is 0.398 e. The summed E-state index contributed by atoms with van der Waals surface area (Å²) in [5.41, 5.74) is 7.72. The van der Waals surface area contributed by atoms with Gasteiger partial charge in [-0.05, 0) is 30.7 Å². The number of amides is 2. The topological polar surface area (TPSA) is 75.4 Å². The third-order valence-electron chi connectivity index (χ3n) is 4.33. The smallest absolute Gasteiger partial charge is 0.259 e. The first-order valence-corrected chi connectivity index (χ1v) is 8.09. The van der Waals surface area contributed by atoms with Gasteiger partial charge in [-0.3, -0.25) is 19.8 Å². The number of carbonyl (C=O) groups excluding carboxylic acids is 2. The number of carbonyl (C=O) groups is 2. The van der Waals surface area contributed by atoms with E-state index in [0.29, 0.717) is 17.8 Å². The molecule has 0 spiro atoms. The van der Waals surface area contributed by atoms with Gasteiger partial charge in [-0.1, -0.05) is 42.5 Å². The number of nitrogens with one attached hydrogen (secondary N) is 1. The second-order valence-corrected chi connectivity index (χ2v) is 6.11. The van der Waals surface area contributed by atoms with Crippen molar-refractivity contribution in [3.63, 3.8) is 0 Å². The summed E-state index contributed by atoms with van der Waals surface area (Å²) in [4.78, 5) is 26.8. The molecule has 3 rings (SSSR count). The first-order chi connectivity index (χ1) is 11.6. The summed E-state index contributed by atoms with van der Waals surface area (Å²) in [6, 6.07) is 16.9. The summed E-state index contributed by atoms with van der Waals surface area (Å²) in [5.74, 6) is -0.818. The lowest BCUT2D eigenvalue weighted by Crippen LogP contribution is -2.37. The number of hydrogen-bond acceptors (Lipinski definition) is 4. The number of hydrogen-bond donors (Lipinski definition) is 2. The quantitative estimate of drug-likeness (QED) is 0.667. The molecule has 1 atom stereocenters. The Bertz CT molecular complexity index is 730. The maximum atomic E-state index is 12.3. The molecule has 0 bridgehead atoms. The Balaban J connectivity index is 1.55. The van der Waals surface area contributed by atoms with Crippen LogP contribution in [0.2, 0.25) is 0 Å². The fraction of sp³-hybridized carbons (Fsp3) is 0.263. The number of benzene rings is 2. The molecule has 0 aliphatic carbocycles. The minimum atomic E-state index is -0.431. The third kappa shape index (κ3) is 3.81. The number of likely N-dealkylation sites (tertiary alicyclic amines) is 1. The number of anilines is 1. The van der Waals surface area contributed by atoms with Crippen LogP contribution < -0.4 is 11.1 Å². The highest BCUT2D eigenvalue weighted by Crippen LogP contribution is 2.19. The highest BCUT2D eigenvalue weighted by molar-refractivity contribution is 6.08. The van der Waals surface area contributed by atoms with Crippen molar-refractivity contribution in [2.75, 3.05) is 18.8 Å². The van der Waals surface area contributed by atoms with E-state index in [1.807, 2.05) is 18.2 Å². The molecule has 2 aromatic carbocycles. The summed E-state index contributed by atoms with van der Waals surface area (Å²) < 4.78 is 0. The van der Waals surface area contributed by atoms with Gasteiger partial charge in [0.15, 0.2) is 0 Å². The van der Waals surface area contributed by atoms with Crippen LogP contribution in [0.1, 0.15) is 22.3 Å². The van der Waals surface area contributed by atoms with Crippen molar-refractivity contribution in [2.45, 2.75) is 13.0 Å². The van der Waals surface area contributed by atoms with Crippen LogP contribution >= 0.6 is 0 Å². The maximum absolute atomic E-state index is 12.3. The fourth-order valence-electron chi connectivity index (χ4n) is 3.02. The van der Waals surface area contributed by atoms with Gasteiger partial charge in [0.1, 0.15) is 0 Å².